The van der Waals surface area contributed by atoms with Crippen LogP contribution >= 0.6 is 11.3 Å². The van der Waals surface area contributed by atoms with Gasteiger partial charge in [-0.15, -0.1) is 11.3 Å². The van der Waals surface area contributed by atoms with Crippen LogP contribution in [0.4, 0.5) is 0 Å². The molecular formula is C19H24N6O2S2. The maximum Gasteiger partial charge on any atom is 0.247 e. The van der Waals surface area contributed by atoms with E-state index in [1.807, 2.05) is 36.0 Å². The third kappa shape index (κ3) is 6.14. The Kier molecular flexibility index (Phi) is 7.02. The van der Waals surface area contributed by atoms with E-state index in [2.05, 4.69) is 32.9 Å². The van der Waals surface area contributed by atoms with Gasteiger partial charge in [0.2, 0.25) is 10.0 Å². The van der Waals surface area contributed by atoms with E-state index >= 15 is 0 Å². The summed E-state index contributed by atoms with van der Waals surface area (Å²) < 4.78 is 24.9. The van der Waals surface area contributed by atoms with Gasteiger partial charge in [0.1, 0.15) is 4.21 Å². The Hall–Kier alpha value is -2.69. The summed E-state index contributed by atoms with van der Waals surface area (Å²) in [5.74, 6) is 0.659. The maximum atomic E-state index is 11.4. The number of nitrogens with one attached hydrogen (secondary N) is 2. The highest BCUT2D eigenvalue weighted by Crippen LogP contribution is 2.20. The zero-order chi connectivity index (χ0) is 20.7. The minimum atomic E-state index is -3.67. The fraction of sp³-hybridized carbons (Fsp3) is 0.263. The molecule has 0 amide bonds. The summed E-state index contributed by atoms with van der Waals surface area (Å²) in [6.07, 6.45) is 3.70. The van der Waals surface area contributed by atoms with Crippen molar-refractivity contribution in [2.45, 2.75) is 30.8 Å². The van der Waals surface area contributed by atoms with Crippen molar-refractivity contribution in [2.24, 2.45) is 10.1 Å². The lowest BCUT2D eigenvalue weighted by Crippen LogP contribution is -2.36. The first kappa shape index (κ1) is 21.0. The molecule has 29 heavy (non-hydrogen) atoms. The Morgan fingerprint density at radius 3 is 2.62 bits per heavy atom. The van der Waals surface area contributed by atoms with Gasteiger partial charge in [0.05, 0.1) is 19.6 Å². The summed E-state index contributed by atoms with van der Waals surface area (Å²) in [4.78, 5) is 5.53. The summed E-state index contributed by atoms with van der Waals surface area (Å²) in [6.45, 7) is 4.37. The monoisotopic (exact) mass is 432 g/mol. The molecule has 0 bridgehead atoms. The summed E-state index contributed by atoms with van der Waals surface area (Å²) >= 11 is 1.15. The van der Waals surface area contributed by atoms with Crippen molar-refractivity contribution >= 4 is 27.3 Å². The molecule has 0 aliphatic rings. The van der Waals surface area contributed by atoms with Crippen LogP contribution in [0.3, 0.4) is 0 Å². The molecule has 0 aliphatic heterocycles. The number of hydrogen-bond donors (Lipinski definition) is 3. The molecule has 0 saturated heterocycles. The maximum absolute atomic E-state index is 11.4. The fourth-order valence-electron chi connectivity index (χ4n) is 2.72. The molecule has 0 aliphatic carbocycles. The van der Waals surface area contributed by atoms with Crippen molar-refractivity contribution < 1.29 is 8.42 Å². The van der Waals surface area contributed by atoms with E-state index < -0.39 is 10.0 Å². The van der Waals surface area contributed by atoms with Crippen LogP contribution in [-0.2, 0) is 29.7 Å². The van der Waals surface area contributed by atoms with Crippen molar-refractivity contribution in [3.63, 3.8) is 0 Å². The molecule has 8 nitrogen and oxygen atoms in total. The highest BCUT2D eigenvalue weighted by atomic mass is 32.2. The van der Waals surface area contributed by atoms with Crippen molar-refractivity contribution in [1.29, 1.82) is 0 Å². The molecule has 4 N–H and O–H groups in total. The number of thiophene rings is 1. The number of aliphatic imine (C=N–C) groups is 1. The molecule has 0 atom stereocenters. The number of guanidine groups is 1. The van der Waals surface area contributed by atoms with E-state index in [4.69, 9.17) is 5.14 Å². The summed E-state index contributed by atoms with van der Waals surface area (Å²) in [5, 5.41) is 15.9. The molecular weight excluding hydrogens is 408 g/mol. The highest BCUT2D eigenvalue weighted by Gasteiger charge is 2.11. The molecule has 154 valence electrons. The molecule has 10 heteroatoms. The summed E-state index contributed by atoms with van der Waals surface area (Å²) in [6, 6.07) is 13.3. The van der Waals surface area contributed by atoms with Gasteiger partial charge < -0.3 is 10.6 Å². The lowest BCUT2D eigenvalue weighted by molar-refractivity contribution is 0.600. The second kappa shape index (κ2) is 9.68. The molecule has 0 unspecified atom stereocenters. The average molecular weight is 433 g/mol. The van der Waals surface area contributed by atoms with Crippen LogP contribution < -0.4 is 15.8 Å². The van der Waals surface area contributed by atoms with Crippen molar-refractivity contribution in [2.75, 3.05) is 6.54 Å². The van der Waals surface area contributed by atoms with Crippen LogP contribution in [0.1, 0.15) is 22.9 Å². The van der Waals surface area contributed by atoms with Gasteiger partial charge >= 0.3 is 0 Å². The second-order valence-corrected chi connectivity index (χ2v) is 9.24. The molecule has 2 aromatic heterocycles. The summed E-state index contributed by atoms with van der Waals surface area (Å²) in [7, 11) is -3.67. The first-order valence-corrected chi connectivity index (χ1v) is 11.5. The molecule has 0 saturated carbocycles. The molecule has 3 rings (SSSR count). The van der Waals surface area contributed by atoms with E-state index in [1.165, 1.54) is 6.07 Å². The van der Waals surface area contributed by atoms with Crippen LogP contribution in [0.25, 0.3) is 0 Å². The lowest BCUT2D eigenvalue weighted by Gasteiger charge is -2.12. The third-order valence-electron chi connectivity index (χ3n) is 4.11. The number of benzene rings is 1. The normalized spacial score (nSPS) is 12.1. The van der Waals surface area contributed by atoms with Gasteiger partial charge in [0.25, 0.3) is 0 Å². The number of aromatic nitrogens is 2. The van der Waals surface area contributed by atoms with Crippen molar-refractivity contribution in [3.8, 4) is 0 Å². The molecule has 0 radical (unpaired) electrons. The first-order valence-electron chi connectivity index (χ1n) is 9.13. The van der Waals surface area contributed by atoms with Gasteiger partial charge in [-0.3, -0.25) is 4.68 Å². The first-order chi connectivity index (χ1) is 14.0. The Labute approximate surface area is 174 Å². The predicted molar refractivity (Wildman–Crippen MR) is 115 cm³/mol. The lowest BCUT2D eigenvalue weighted by atomic mass is 10.1. The van der Waals surface area contributed by atoms with Gasteiger partial charge in [0.15, 0.2) is 5.96 Å². The van der Waals surface area contributed by atoms with Gasteiger partial charge in [-0.05, 0) is 36.2 Å². The summed E-state index contributed by atoms with van der Waals surface area (Å²) in [5.41, 5.74) is 2.28. The standard InChI is InChI=1S/C19H24N6O2S2/c1-2-21-19(23-13-17-8-9-18(28-17)29(20,26)27)22-12-15-6-3-4-7-16(15)14-25-11-5-10-24-25/h3-11H,2,12-14H2,1H3,(H2,20,26,27)(H2,21,22,23). The topological polar surface area (TPSA) is 114 Å². The molecule has 0 fully saturated rings. The predicted octanol–water partition coefficient (Wildman–Crippen LogP) is 1.90. The number of nitrogens with two attached hydrogens (primary N) is 1. The second-order valence-electron chi connectivity index (χ2n) is 6.29. The smallest absolute Gasteiger partial charge is 0.247 e. The van der Waals surface area contributed by atoms with Crippen LogP contribution in [0.5, 0.6) is 0 Å². The largest absolute Gasteiger partial charge is 0.357 e. The Balaban J connectivity index is 1.67. The molecule has 3 aromatic rings. The number of nitrogens with zero attached hydrogens (tertiary/aromatic N) is 3. The fourth-order valence-corrected chi connectivity index (χ4v) is 4.44. The Bertz CT molecular complexity index is 1060. The minimum Gasteiger partial charge on any atom is -0.357 e. The van der Waals surface area contributed by atoms with E-state index in [1.54, 1.807) is 12.3 Å². The number of primary sulfonamides is 1. The SMILES string of the molecule is CCNC(=NCc1ccccc1Cn1cccn1)NCc1ccc(S(N)(=O)=O)s1. The molecule has 1 aromatic carbocycles. The van der Waals surface area contributed by atoms with E-state index in [0.717, 1.165) is 27.3 Å². The van der Waals surface area contributed by atoms with Crippen molar-refractivity contribution in [1.82, 2.24) is 20.4 Å². The number of hydrogen-bond acceptors (Lipinski definition) is 5. The molecule has 2 heterocycles. The van der Waals surface area contributed by atoms with Gasteiger partial charge in [-0.1, -0.05) is 24.3 Å². The zero-order valence-electron chi connectivity index (χ0n) is 16.1. The van der Waals surface area contributed by atoms with Crippen molar-refractivity contribution in [3.05, 3.63) is 70.9 Å². The molecule has 0 spiro atoms. The number of rotatable bonds is 8. The van der Waals surface area contributed by atoms with Crippen LogP contribution in [0, 0.1) is 0 Å². The third-order valence-corrected chi connectivity index (χ3v) is 6.63. The van der Waals surface area contributed by atoms with E-state index in [9.17, 15) is 8.42 Å². The van der Waals surface area contributed by atoms with Gasteiger partial charge in [0, 0.05) is 23.8 Å². The van der Waals surface area contributed by atoms with Crippen LogP contribution in [-0.4, -0.2) is 30.7 Å². The minimum absolute atomic E-state index is 0.156. The van der Waals surface area contributed by atoms with Gasteiger partial charge in [-0.2, -0.15) is 5.10 Å². The van der Waals surface area contributed by atoms with Crippen LogP contribution in [0.15, 0.2) is 64.1 Å². The Morgan fingerprint density at radius 2 is 1.97 bits per heavy atom. The van der Waals surface area contributed by atoms with Crippen LogP contribution in [0.2, 0.25) is 0 Å². The van der Waals surface area contributed by atoms with E-state index in [0.29, 0.717) is 32.1 Å². The Morgan fingerprint density at radius 1 is 1.17 bits per heavy atom. The highest BCUT2D eigenvalue weighted by molar-refractivity contribution is 7.91. The average Bonchev–Trinajstić information content (AvgIpc) is 3.36. The zero-order valence-corrected chi connectivity index (χ0v) is 17.7. The number of sulfonamides is 1. The van der Waals surface area contributed by atoms with Gasteiger partial charge in [-0.25, -0.2) is 18.5 Å². The quantitative estimate of drug-likeness (QED) is 0.371. The van der Waals surface area contributed by atoms with E-state index in [-0.39, 0.29) is 4.21 Å².